The molecule has 0 aliphatic heterocycles. The number of nitro benzene ring substituents is 1. The summed E-state index contributed by atoms with van der Waals surface area (Å²) < 4.78 is 13.1. The maximum atomic E-state index is 13.1. The van der Waals surface area contributed by atoms with Crippen LogP contribution < -0.4 is 5.32 Å². The molecule has 0 heterocycles. The van der Waals surface area contributed by atoms with Gasteiger partial charge in [-0.3, -0.25) is 10.1 Å². The van der Waals surface area contributed by atoms with E-state index in [0.717, 1.165) is 5.56 Å². The molecule has 2 aromatic carbocycles. The lowest BCUT2D eigenvalue weighted by Gasteiger charge is -2.17. The van der Waals surface area contributed by atoms with Crippen molar-refractivity contribution in [3.63, 3.8) is 0 Å². The van der Waals surface area contributed by atoms with Gasteiger partial charge in [0.05, 0.1) is 11.0 Å². The molecule has 2 aromatic rings. The number of nitrogens with zero attached hydrogens (tertiary/aromatic N) is 1. The zero-order valence-electron chi connectivity index (χ0n) is 11.6. The molecule has 0 radical (unpaired) electrons. The second-order valence-corrected chi connectivity index (χ2v) is 5.22. The minimum absolute atomic E-state index is 0.00863. The number of hydrogen-bond donors (Lipinski definition) is 1. The van der Waals surface area contributed by atoms with Crippen LogP contribution in [0.4, 0.5) is 15.8 Å². The Balaban J connectivity index is 2.33. The molecule has 0 bridgehead atoms. The molecular formula is C15H14ClFN2O2. The van der Waals surface area contributed by atoms with Gasteiger partial charge in [-0.2, -0.15) is 0 Å². The molecule has 4 nitrogen and oxygen atoms in total. The molecule has 1 unspecified atom stereocenters. The number of nitro groups is 1. The molecular weight excluding hydrogens is 295 g/mol. The molecule has 21 heavy (non-hydrogen) atoms. The minimum Gasteiger partial charge on any atom is -0.373 e. The van der Waals surface area contributed by atoms with E-state index < -0.39 is 10.7 Å². The zero-order chi connectivity index (χ0) is 15.6. The smallest absolute Gasteiger partial charge is 0.292 e. The average molecular weight is 309 g/mol. The number of halogens is 2. The van der Waals surface area contributed by atoms with Gasteiger partial charge in [-0.15, -0.1) is 0 Å². The summed E-state index contributed by atoms with van der Waals surface area (Å²) in [5.74, 6) is -0.419. The van der Waals surface area contributed by atoms with E-state index in [4.69, 9.17) is 11.6 Å². The number of aryl methyl sites for hydroxylation is 1. The molecule has 6 heteroatoms. The second-order valence-electron chi connectivity index (χ2n) is 4.81. The van der Waals surface area contributed by atoms with Crippen LogP contribution in [0.25, 0.3) is 0 Å². The SMILES string of the molecule is Cc1ccc([N+](=O)[O-])c(NC(C)c2ccc(F)cc2Cl)c1. The van der Waals surface area contributed by atoms with E-state index in [2.05, 4.69) is 5.32 Å². The fourth-order valence-corrected chi connectivity index (χ4v) is 2.42. The standard InChI is InChI=1S/C15H14ClFN2O2/c1-9-3-6-15(19(20)21)14(7-9)18-10(2)12-5-4-11(17)8-13(12)16/h3-8,10,18H,1-2H3. The van der Waals surface area contributed by atoms with Crippen LogP contribution in [0.3, 0.4) is 0 Å². The fourth-order valence-electron chi connectivity index (χ4n) is 2.09. The van der Waals surface area contributed by atoms with Crippen LogP contribution in [0.5, 0.6) is 0 Å². The van der Waals surface area contributed by atoms with Crippen LogP contribution in [0.1, 0.15) is 24.1 Å². The van der Waals surface area contributed by atoms with Crippen LogP contribution in [0.2, 0.25) is 5.02 Å². The lowest BCUT2D eigenvalue weighted by atomic mass is 10.1. The highest BCUT2D eigenvalue weighted by molar-refractivity contribution is 6.31. The third kappa shape index (κ3) is 3.49. The first-order valence-corrected chi connectivity index (χ1v) is 6.73. The lowest BCUT2D eigenvalue weighted by Crippen LogP contribution is -2.09. The van der Waals surface area contributed by atoms with Crippen LogP contribution in [0, 0.1) is 22.9 Å². The molecule has 110 valence electrons. The number of anilines is 1. The summed E-state index contributed by atoms with van der Waals surface area (Å²) in [7, 11) is 0. The summed E-state index contributed by atoms with van der Waals surface area (Å²) in [6.07, 6.45) is 0. The predicted molar refractivity (Wildman–Crippen MR) is 81.3 cm³/mol. The second kappa shape index (κ2) is 6.10. The topological polar surface area (TPSA) is 55.2 Å². The zero-order valence-corrected chi connectivity index (χ0v) is 12.3. The predicted octanol–water partition coefficient (Wildman–Crippen LogP) is 4.87. The van der Waals surface area contributed by atoms with Gasteiger partial charge in [-0.25, -0.2) is 4.39 Å². The largest absolute Gasteiger partial charge is 0.373 e. The first kappa shape index (κ1) is 15.3. The monoisotopic (exact) mass is 308 g/mol. The van der Waals surface area contributed by atoms with Crippen molar-refractivity contribution in [1.82, 2.24) is 0 Å². The Kier molecular flexibility index (Phi) is 4.43. The fraction of sp³-hybridized carbons (Fsp3) is 0.200. The van der Waals surface area contributed by atoms with E-state index in [0.29, 0.717) is 11.3 Å². The van der Waals surface area contributed by atoms with Crippen molar-refractivity contribution in [2.45, 2.75) is 19.9 Å². The van der Waals surface area contributed by atoms with Crippen molar-refractivity contribution in [2.75, 3.05) is 5.32 Å². The molecule has 0 spiro atoms. The molecule has 1 N–H and O–H groups in total. The third-order valence-electron chi connectivity index (χ3n) is 3.15. The molecule has 0 aromatic heterocycles. The van der Waals surface area contributed by atoms with Gasteiger partial charge in [0, 0.05) is 11.1 Å². The molecule has 1 atom stereocenters. The van der Waals surface area contributed by atoms with Crippen LogP contribution in [0.15, 0.2) is 36.4 Å². The van der Waals surface area contributed by atoms with Crippen LogP contribution >= 0.6 is 11.6 Å². The van der Waals surface area contributed by atoms with Gasteiger partial charge in [0.25, 0.3) is 5.69 Å². The maximum Gasteiger partial charge on any atom is 0.292 e. The summed E-state index contributed by atoms with van der Waals surface area (Å²) in [5, 5.41) is 14.4. The molecule has 0 amide bonds. The summed E-state index contributed by atoms with van der Waals surface area (Å²) in [4.78, 5) is 10.6. The summed E-state index contributed by atoms with van der Waals surface area (Å²) in [5.41, 5.74) is 1.98. The summed E-state index contributed by atoms with van der Waals surface area (Å²) in [6, 6.07) is 8.64. The van der Waals surface area contributed by atoms with Crippen molar-refractivity contribution in [1.29, 1.82) is 0 Å². The molecule has 0 fully saturated rings. The molecule has 0 saturated heterocycles. The lowest BCUT2D eigenvalue weighted by molar-refractivity contribution is -0.384. The Labute approximate surface area is 126 Å². The van der Waals surface area contributed by atoms with E-state index in [1.807, 2.05) is 13.8 Å². The van der Waals surface area contributed by atoms with Gasteiger partial charge in [-0.1, -0.05) is 23.7 Å². The molecule has 0 saturated carbocycles. The van der Waals surface area contributed by atoms with E-state index in [1.54, 1.807) is 18.2 Å². The quantitative estimate of drug-likeness (QED) is 0.647. The van der Waals surface area contributed by atoms with Crippen LogP contribution in [-0.2, 0) is 0 Å². The minimum atomic E-state index is -0.444. The van der Waals surface area contributed by atoms with E-state index in [1.165, 1.54) is 18.2 Å². The highest BCUT2D eigenvalue weighted by Gasteiger charge is 2.17. The Morgan fingerprint density at radius 2 is 2.00 bits per heavy atom. The summed E-state index contributed by atoms with van der Waals surface area (Å²) in [6.45, 7) is 3.66. The van der Waals surface area contributed by atoms with Crippen molar-refractivity contribution < 1.29 is 9.31 Å². The van der Waals surface area contributed by atoms with E-state index >= 15 is 0 Å². The molecule has 0 aliphatic carbocycles. The number of rotatable bonds is 4. The first-order valence-electron chi connectivity index (χ1n) is 6.35. The highest BCUT2D eigenvalue weighted by atomic mass is 35.5. The Morgan fingerprint density at radius 1 is 1.29 bits per heavy atom. The highest BCUT2D eigenvalue weighted by Crippen LogP contribution is 2.31. The average Bonchev–Trinajstić information content (AvgIpc) is 2.37. The number of hydrogen-bond acceptors (Lipinski definition) is 3. The van der Waals surface area contributed by atoms with Gasteiger partial charge < -0.3 is 5.32 Å². The first-order chi connectivity index (χ1) is 9.88. The van der Waals surface area contributed by atoms with Crippen molar-refractivity contribution >= 4 is 23.0 Å². The Bertz CT molecular complexity index is 691. The van der Waals surface area contributed by atoms with Gasteiger partial charge in [0.15, 0.2) is 0 Å². The maximum absolute atomic E-state index is 13.1. The van der Waals surface area contributed by atoms with Crippen molar-refractivity contribution in [3.8, 4) is 0 Å². The van der Waals surface area contributed by atoms with Gasteiger partial charge in [0.1, 0.15) is 11.5 Å². The number of benzene rings is 2. The third-order valence-corrected chi connectivity index (χ3v) is 3.48. The van der Waals surface area contributed by atoms with Gasteiger partial charge in [0.2, 0.25) is 0 Å². The normalized spacial score (nSPS) is 12.0. The van der Waals surface area contributed by atoms with Crippen LogP contribution in [-0.4, -0.2) is 4.92 Å². The number of nitrogens with one attached hydrogen (secondary N) is 1. The van der Waals surface area contributed by atoms with Gasteiger partial charge in [-0.05, 0) is 43.2 Å². The Morgan fingerprint density at radius 3 is 2.62 bits per heavy atom. The van der Waals surface area contributed by atoms with Crippen molar-refractivity contribution in [2.24, 2.45) is 0 Å². The van der Waals surface area contributed by atoms with Gasteiger partial charge >= 0.3 is 0 Å². The molecule has 0 aliphatic rings. The van der Waals surface area contributed by atoms with E-state index in [9.17, 15) is 14.5 Å². The van der Waals surface area contributed by atoms with E-state index in [-0.39, 0.29) is 16.8 Å². The summed E-state index contributed by atoms with van der Waals surface area (Å²) >= 11 is 6.01. The molecule has 2 rings (SSSR count). The van der Waals surface area contributed by atoms with Crippen molar-refractivity contribution in [3.05, 3.63) is 68.5 Å². The Hall–Kier alpha value is -2.14.